The van der Waals surface area contributed by atoms with Crippen LogP contribution in [0.3, 0.4) is 0 Å². The Morgan fingerprint density at radius 2 is 2.22 bits per heavy atom. The van der Waals surface area contributed by atoms with Crippen LogP contribution in [0.1, 0.15) is 52.9 Å². The van der Waals surface area contributed by atoms with Crippen LogP contribution in [-0.4, -0.2) is 42.4 Å². The standard InChI is InChI=1S/C21H32N2O4/c1-5-13-23-17-9-7-8-11-21(17,20(26)27-6-2)16(19(23)25)14-18(24)22-12-10-15(3)4/h5,9,15-16H,1,6-8,10-14H2,2-4H3,(H,22,24)/t16-,21-/m0/s1. The molecule has 1 N–H and O–H groups in total. The smallest absolute Gasteiger partial charge is 0.318 e. The van der Waals surface area contributed by atoms with Crippen molar-refractivity contribution in [2.75, 3.05) is 19.7 Å². The Bertz CT molecular complexity index is 626. The van der Waals surface area contributed by atoms with Gasteiger partial charge in [-0.15, -0.1) is 6.58 Å². The Morgan fingerprint density at radius 3 is 2.85 bits per heavy atom. The van der Waals surface area contributed by atoms with Crippen LogP contribution < -0.4 is 5.32 Å². The van der Waals surface area contributed by atoms with E-state index in [2.05, 4.69) is 25.7 Å². The molecule has 2 rings (SSSR count). The van der Waals surface area contributed by atoms with Gasteiger partial charge in [0.1, 0.15) is 5.41 Å². The molecule has 6 heteroatoms. The second kappa shape index (κ2) is 9.20. The van der Waals surface area contributed by atoms with Gasteiger partial charge in [0, 0.05) is 25.2 Å². The van der Waals surface area contributed by atoms with Crippen LogP contribution in [0.2, 0.25) is 0 Å². The first-order valence-electron chi connectivity index (χ1n) is 9.95. The highest BCUT2D eigenvalue weighted by atomic mass is 16.5. The average molecular weight is 376 g/mol. The molecule has 1 saturated heterocycles. The summed E-state index contributed by atoms with van der Waals surface area (Å²) in [4.78, 5) is 40.3. The molecule has 0 unspecified atom stereocenters. The average Bonchev–Trinajstić information content (AvgIpc) is 2.86. The number of hydrogen-bond donors (Lipinski definition) is 1. The molecule has 27 heavy (non-hydrogen) atoms. The van der Waals surface area contributed by atoms with Crippen molar-refractivity contribution in [3.63, 3.8) is 0 Å². The number of nitrogens with zero attached hydrogens (tertiary/aromatic N) is 1. The molecule has 0 spiro atoms. The van der Waals surface area contributed by atoms with Gasteiger partial charge in [0.15, 0.2) is 0 Å². The lowest BCUT2D eigenvalue weighted by Crippen LogP contribution is -2.43. The molecule has 150 valence electrons. The van der Waals surface area contributed by atoms with Crippen LogP contribution in [0.5, 0.6) is 0 Å². The third kappa shape index (κ3) is 4.25. The van der Waals surface area contributed by atoms with Crippen LogP contribution >= 0.6 is 0 Å². The van der Waals surface area contributed by atoms with Crippen LogP contribution in [0.25, 0.3) is 0 Å². The molecule has 1 aliphatic carbocycles. The highest BCUT2D eigenvalue weighted by molar-refractivity contribution is 5.99. The molecule has 1 heterocycles. The van der Waals surface area contributed by atoms with E-state index in [1.807, 2.05) is 6.08 Å². The molecule has 1 aliphatic heterocycles. The SMILES string of the molecule is C=CCN1C(=O)[C@H](CC(=O)NCCC(C)C)[C@@]2(C(=O)OCC)CCCC=C12. The summed E-state index contributed by atoms with van der Waals surface area (Å²) in [5, 5.41) is 2.89. The van der Waals surface area contributed by atoms with Gasteiger partial charge < -0.3 is 15.0 Å². The zero-order valence-electron chi connectivity index (χ0n) is 16.8. The lowest BCUT2D eigenvalue weighted by Gasteiger charge is -2.35. The lowest BCUT2D eigenvalue weighted by molar-refractivity contribution is -0.158. The Balaban J connectivity index is 2.30. The molecule has 0 bridgehead atoms. The van der Waals surface area contributed by atoms with Crippen molar-refractivity contribution < 1.29 is 19.1 Å². The summed E-state index contributed by atoms with van der Waals surface area (Å²) < 4.78 is 5.37. The lowest BCUT2D eigenvalue weighted by atomic mass is 9.68. The fourth-order valence-corrected chi connectivity index (χ4v) is 4.10. The summed E-state index contributed by atoms with van der Waals surface area (Å²) in [5.74, 6) is -1.00. The van der Waals surface area contributed by atoms with Gasteiger partial charge in [-0.25, -0.2) is 0 Å². The molecule has 0 saturated carbocycles. The number of fused-ring (bicyclic) bond motifs is 1. The van der Waals surface area contributed by atoms with Crippen LogP contribution in [-0.2, 0) is 19.1 Å². The van der Waals surface area contributed by atoms with E-state index in [1.165, 1.54) is 0 Å². The fourth-order valence-electron chi connectivity index (χ4n) is 4.10. The number of carbonyl (C=O) groups is 3. The number of hydrogen-bond acceptors (Lipinski definition) is 4. The maximum absolute atomic E-state index is 13.1. The molecular weight excluding hydrogens is 344 g/mol. The monoisotopic (exact) mass is 376 g/mol. The highest BCUT2D eigenvalue weighted by Crippen LogP contribution is 2.53. The van der Waals surface area contributed by atoms with Gasteiger partial charge in [0.25, 0.3) is 0 Å². The third-order valence-corrected chi connectivity index (χ3v) is 5.40. The molecule has 1 fully saturated rings. The van der Waals surface area contributed by atoms with E-state index in [0.29, 0.717) is 31.1 Å². The topological polar surface area (TPSA) is 75.7 Å². The van der Waals surface area contributed by atoms with Crippen molar-refractivity contribution in [3.05, 3.63) is 24.4 Å². The van der Waals surface area contributed by atoms with Crippen molar-refractivity contribution in [3.8, 4) is 0 Å². The molecular formula is C21H32N2O4. The molecule has 0 radical (unpaired) electrons. The first-order valence-corrected chi connectivity index (χ1v) is 9.95. The van der Waals surface area contributed by atoms with Gasteiger partial charge in [-0.2, -0.15) is 0 Å². The van der Waals surface area contributed by atoms with E-state index < -0.39 is 17.3 Å². The zero-order valence-corrected chi connectivity index (χ0v) is 16.8. The predicted octanol–water partition coefficient (Wildman–Crippen LogP) is 2.80. The summed E-state index contributed by atoms with van der Waals surface area (Å²) >= 11 is 0. The van der Waals surface area contributed by atoms with Gasteiger partial charge in [-0.3, -0.25) is 14.4 Å². The van der Waals surface area contributed by atoms with E-state index in [0.717, 1.165) is 19.3 Å². The molecule has 2 atom stereocenters. The van der Waals surface area contributed by atoms with Crippen LogP contribution in [0.4, 0.5) is 0 Å². The van der Waals surface area contributed by atoms with Crippen LogP contribution in [0, 0.1) is 17.3 Å². The number of ether oxygens (including phenoxy) is 1. The number of esters is 1. The molecule has 0 aromatic heterocycles. The van der Waals surface area contributed by atoms with Crippen molar-refractivity contribution >= 4 is 17.8 Å². The van der Waals surface area contributed by atoms with Gasteiger partial charge in [0.05, 0.1) is 12.5 Å². The second-order valence-electron chi connectivity index (χ2n) is 7.70. The Morgan fingerprint density at radius 1 is 1.48 bits per heavy atom. The Hall–Kier alpha value is -2.11. The number of rotatable bonds is 9. The van der Waals surface area contributed by atoms with Crippen LogP contribution in [0.15, 0.2) is 24.4 Å². The van der Waals surface area contributed by atoms with E-state index in [-0.39, 0.29) is 24.8 Å². The molecule has 2 amide bonds. The van der Waals surface area contributed by atoms with E-state index in [4.69, 9.17) is 4.74 Å². The predicted molar refractivity (Wildman–Crippen MR) is 103 cm³/mol. The van der Waals surface area contributed by atoms with Gasteiger partial charge in [-0.1, -0.05) is 26.0 Å². The Labute approximate surface area is 162 Å². The summed E-state index contributed by atoms with van der Waals surface area (Å²) in [5.41, 5.74) is -0.360. The number of nitrogens with one attached hydrogen (secondary N) is 1. The van der Waals surface area contributed by atoms with Crippen molar-refractivity contribution in [2.45, 2.75) is 52.9 Å². The third-order valence-electron chi connectivity index (χ3n) is 5.40. The maximum Gasteiger partial charge on any atom is 0.318 e. The number of carbonyl (C=O) groups excluding carboxylic acids is 3. The first kappa shape index (κ1) is 21.2. The number of amides is 2. The highest BCUT2D eigenvalue weighted by Gasteiger charge is 2.61. The van der Waals surface area contributed by atoms with Gasteiger partial charge in [0.2, 0.25) is 11.8 Å². The summed E-state index contributed by atoms with van der Waals surface area (Å²) in [6.07, 6.45) is 6.61. The fraction of sp³-hybridized carbons (Fsp3) is 0.667. The summed E-state index contributed by atoms with van der Waals surface area (Å²) in [7, 11) is 0. The van der Waals surface area contributed by atoms with E-state index >= 15 is 0 Å². The van der Waals surface area contributed by atoms with Crippen molar-refractivity contribution in [2.24, 2.45) is 17.3 Å². The van der Waals surface area contributed by atoms with E-state index in [9.17, 15) is 14.4 Å². The minimum atomic E-state index is -1.05. The quantitative estimate of drug-likeness (QED) is 0.496. The first-order chi connectivity index (χ1) is 12.9. The number of allylic oxidation sites excluding steroid dienone is 1. The van der Waals surface area contributed by atoms with Crippen molar-refractivity contribution in [1.29, 1.82) is 0 Å². The van der Waals surface area contributed by atoms with Gasteiger partial charge >= 0.3 is 5.97 Å². The van der Waals surface area contributed by atoms with E-state index in [1.54, 1.807) is 17.9 Å². The minimum absolute atomic E-state index is 0.000720. The molecule has 2 aliphatic rings. The normalized spacial score (nSPS) is 24.4. The molecule has 0 aromatic carbocycles. The summed E-state index contributed by atoms with van der Waals surface area (Å²) in [6, 6.07) is 0. The molecule has 0 aromatic rings. The molecule has 6 nitrogen and oxygen atoms in total. The minimum Gasteiger partial charge on any atom is -0.465 e. The Kier molecular flexibility index (Phi) is 7.22. The summed E-state index contributed by atoms with van der Waals surface area (Å²) in [6.45, 7) is 10.8. The number of likely N-dealkylation sites (tertiary alicyclic amines) is 1. The van der Waals surface area contributed by atoms with Gasteiger partial charge in [-0.05, 0) is 38.5 Å². The van der Waals surface area contributed by atoms with Crippen molar-refractivity contribution in [1.82, 2.24) is 10.2 Å². The second-order valence-corrected chi connectivity index (χ2v) is 7.70. The zero-order chi connectivity index (χ0) is 20.0. The largest absolute Gasteiger partial charge is 0.465 e. The maximum atomic E-state index is 13.1.